The van der Waals surface area contributed by atoms with Crippen molar-refractivity contribution in [1.29, 1.82) is 0 Å². The molecule has 0 amide bonds. The average Bonchev–Trinajstić information content (AvgIpc) is 3.88. The molecule has 2 N–H and O–H groups in total. The van der Waals surface area contributed by atoms with E-state index in [-0.39, 0.29) is 42.0 Å². The third kappa shape index (κ3) is 6.07. The van der Waals surface area contributed by atoms with E-state index in [9.17, 15) is 19.8 Å². The summed E-state index contributed by atoms with van der Waals surface area (Å²) >= 11 is 0. The Labute approximate surface area is 295 Å². The van der Waals surface area contributed by atoms with Gasteiger partial charge in [-0.15, -0.1) is 0 Å². The Hall–Kier alpha value is -6.02. The largest absolute Gasteiger partial charge is 0.512 e. The molecular weight excluding hydrogens is 640 g/mol. The van der Waals surface area contributed by atoms with Crippen LogP contribution in [0.2, 0.25) is 0 Å². The van der Waals surface area contributed by atoms with E-state index in [0.29, 0.717) is 42.0 Å². The molecule has 256 valence electrons. The average molecular weight is 679 g/mol. The standard InChI is InChI=1S/C43H38N2O6/c1-26-39(46)22-36(42(26)48)31-9-7-29-15-17-44(37(29)19-31)24-28-5-13-35(14-6-28)51-25-33-21-40(47)41(43(33)49)32-10-8-30-16-18-45(38(30)20-32)23-27-3-11-34(50-2)12-4-27/h3-20,33,36,46,49H,21-25H2,1-2H3. The number of fused-ring (bicyclic) bond motifs is 2. The van der Waals surface area contributed by atoms with Crippen molar-refractivity contribution >= 4 is 38.9 Å². The lowest BCUT2D eigenvalue weighted by Crippen LogP contribution is -2.12. The number of aliphatic hydroxyl groups excluding tert-OH is 2. The zero-order chi connectivity index (χ0) is 35.2. The molecule has 2 aromatic heterocycles. The van der Waals surface area contributed by atoms with E-state index in [0.717, 1.165) is 44.2 Å². The maximum absolute atomic E-state index is 13.2. The smallest absolute Gasteiger partial charge is 0.169 e. The fourth-order valence-corrected chi connectivity index (χ4v) is 7.37. The number of nitrogens with zero attached hydrogens (tertiary/aromatic N) is 2. The van der Waals surface area contributed by atoms with Gasteiger partial charge in [0.25, 0.3) is 0 Å². The quantitative estimate of drug-likeness (QED) is 0.151. The molecule has 0 saturated heterocycles. The van der Waals surface area contributed by atoms with Crippen LogP contribution in [0.3, 0.4) is 0 Å². The summed E-state index contributed by atoms with van der Waals surface area (Å²) in [6.07, 6.45) is 4.61. The second-order valence-corrected chi connectivity index (χ2v) is 13.6. The number of benzene rings is 4. The van der Waals surface area contributed by atoms with E-state index in [1.165, 1.54) is 0 Å². The number of Topliss-reactive ketones (excluding diaryl/α,β-unsaturated/α-hetero) is 2. The molecule has 0 fully saturated rings. The third-order valence-corrected chi connectivity index (χ3v) is 10.4. The SMILES string of the molecule is COc1ccc(Cn2ccc3ccc(C4=C(O)C(COc5ccc(Cn6ccc7ccc(C8CC(O)=C(C)C8=O)cc76)cc5)CC4=O)cc32)cc1. The maximum atomic E-state index is 13.2. The van der Waals surface area contributed by atoms with Gasteiger partial charge in [0.15, 0.2) is 11.6 Å². The van der Waals surface area contributed by atoms with Gasteiger partial charge in [-0.3, -0.25) is 9.59 Å². The molecule has 8 rings (SSSR count). The Morgan fingerprint density at radius 1 is 0.725 bits per heavy atom. The van der Waals surface area contributed by atoms with Gasteiger partial charge in [0, 0.05) is 54.9 Å². The van der Waals surface area contributed by atoms with Crippen LogP contribution in [0.1, 0.15) is 47.9 Å². The molecule has 8 nitrogen and oxygen atoms in total. The number of methoxy groups -OCH3 is 1. The lowest BCUT2D eigenvalue weighted by Gasteiger charge is -2.13. The molecule has 0 spiro atoms. The molecule has 2 aliphatic rings. The van der Waals surface area contributed by atoms with Gasteiger partial charge >= 0.3 is 0 Å². The number of rotatable bonds is 10. The van der Waals surface area contributed by atoms with Crippen molar-refractivity contribution < 1.29 is 29.3 Å². The van der Waals surface area contributed by atoms with E-state index in [1.54, 1.807) is 14.0 Å². The minimum absolute atomic E-state index is 0.0173. The summed E-state index contributed by atoms with van der Waals surface area (Å²) in [6.45, 7) is 3.17. The molecule has 0 radical (unpaired) electrons. The van der Waals surface area contributed by atoms with Gasteiger partial charge in [-0.1, -0.05) is 48.5 Å². The van der Waals surface area contributed by atoms with Gasteiger partial charge in [-0.25, -0.2) is 0 Å². The number of allylic oxidation sites excluding steroid dienone is 3. The molecule has 2 unspecified atom stereocenters. The first kappa shape index (κ1) is 32.2. The summed E-state index contributed by atoms with van der Waals surface area (Å²) in [5, 5.41) is 23.5. The van der Waals surface area contributed by atoms with Crippen LogP contribution in [0.25, 0.3) is 27.4 Å². The number of hydrogen-bond acceptors (Lipinski definition) is 6. The van der Waals surface area contributed by atoms with Crippen molar-refractivity contribution in [3.05, 3.63) is 149 Å². The van der Waals surface area contributed by atoms with Crippen molar-refractivity contribution in [2.45, 2.75) is 38.8 Å². The van der Waals surface area contributed by atoms with Crippen LogP contribution in [0, 0.1) is 5.92 Å². The molecule has 0 bridgehead atoms. The second kappa shape index (κ2) is 13.0. The highest BCUT2D eigenvalue weighted by Crippen LogP contribution is 2.37. The highest BCUT2D eigenvalue weighted by Gasteiger charge is 2.34. The molecule has 0 saturated carbocycles. The predicted molar refractivity (Wildman–Crippen MR) is 197 cm³/mol. The minimum Gasteiger partial charge on any atom is -0.512 e. The summed E-state index contributed by atoms with van der Waals surface area (Å²) in [6, 6.07) is 31.8. The van der Waals surface area contributed by atoms with Crippen LogP contribution in [0.5, 0.6) is 11.5 Å². The first-order chi connectivity index (χ1) is 24.7. The highest BCUT2D eigenvalue weighted by atomic mass is 16.5. The third-order valence-electron chi connectivity index (χ3n) is 10.4. The van der Waals surface area contributed by atoms with Crippen LogP contribution in [-0.4, -0.2) is 44.6 Å². The van der Waals surface area contributed by atoms with Gasteiger partial charge in [0.1, 0.15) is 17.3 Å². The molecular formula is C43H38N2O6. The van der Waals surface area contributed by atoms with Crippen LogP contribution in [0.4, 0.5) is 0 Å². The van der Waals surface area contributed by atoms with Crippen molar-refractivity contribution in [3.8, 4) is 11.5 Å². The minimum atomic E-state index is -0.429. The van der Waals surface area contributed by atoms with Crippen LogP contribution in [-0.2, 0) is 22.7 Å². The number of carbonyl (C=O) groups excluding carboxylic acids is 2. The van der Waals surface area contributed by atoms with Gasteiger partial charge in [0.2, 0.25) is 0 Å². The van der Waals surface area contributed by atoms with E-state index in [1.807, 2.05) is 91.3 Å². The van der Waals surface area contributed by atoms with Gasteiger partial charge < -0.3 is 28.8 Å². The molecule has 51 heavy (non-hydrogen) atoms. The Bertz CT molecular complexity index is 2380. The molecule has 8 heteroatoms. The van der Waals surface area contributed by atoms with Gasteiger partial charge in [-0.05, 0) is 88.5 Å². The first-order valence-electron chi connectivity index (χ1n) is 17.2. The van der Waals surface area contributed by atoms with Crippen molar-refractivity contribution in [2.75, 3.05) is 13.7 Å². The van der Waals surface area contributed by atoms with Crippen molar-refractivity contribution in [3.63, 3.8) is 0 Å². The zero-order valence-corrected chi connectivity index (χ0v) is 28.5. The van der Waals surface area contributed by atoms with E-state index in [2.05, 4.69) is 27.3 Å². The zero-order valence-electron chi connectivity index (χ0n) is 28.5. The van der Waals surface area contributed by atoms with Crippen LogP contribution < -0.4 is 9.47 Å². The van der Waals surface area contributed by atoms with Crippen molar-refractivity contribution in [1.82, 2.24) is 9.13 Å². The Kier molecular flexibility index (Phi) is 8.22. The number of ether oxygens (including phenoxy) is 2. The number of hydrogen-bond donors (Lipinski definition) is 2. The van der Waals surface area contributed by atoms with Crippen LogP contribution in [0.15, 0.2) is 127 Å². The molecule has 6 aromatic rings. The first-order valence-corrected chi connectivity index (χ1v) is 17.2. The predicted octanol–water partition coefficient (Wildman–Crippen LogP) is 8.53. The maximum Gasteiger partial charge on any atom is 0.169 e. The van der Waals surface area contributed by atoms with E-state index < -0.39 is 5.92 Å². The Morgan fingerprint density at radius 2 is 1.33 bits per heavy atom. The summed E-state index contributed by atoms with van der Waals surface area (Å²) in [4.78, 5) is 25.9. The molecule has 4 aromatic carbocycles. The summed E-state index contributed by atoms with van der Waals surface area (Å²) in [5.41, 5.74) is 6.64. The van der Waals surface area contributed by atoms with E-state index >= 15 is 0 Å². The number of aliphatic hydroxyl groups is 2. The number of aromatic nitrogens is 2. The fraction of sp³-hybridized carbons (Fsp3) is 0.209. The van der Waals surface area contributed by atoms with Gasteiger partial charge in [-0.2, -0.15) is 0 Å². The van der Waals surface area contributed by atoms with E-state index in [4.69, 9.17) is 9.47 Å². The monoisotopic (exact) mass is 678 g/mol. The number of ketones is 2. The topological polar surface area (TPSA) is 103 Å². The normalized spacial score (nSPS) is 17.8. The molecule has 2 heterocycles. The second-order valence-electron chi connectivity index (χ2n) is 13.6. The lowest BCUT2D eigenvalue weighted by atomic mass is 9.94. The summed E-state index contributed by atoms with van der Waals surface area (Å²) < 4.78 is 15.7. The molecule has 2 atom stereocenters. The molecule has 0 aliphatic heterocycles. The van der Waals surface area contributed by atoms with Crippen molar-refractivity contribution in [2.24, 2.45) is 5.92 Å². The van der Waals surface area contributed by atoms with Gasteiger partial charge in [0.05, 0.1) is 36.9 Å². The van der Waals surface area contributed by atoms with Crippen LogP contribution >= 0.6 is 0 Å². The highest BCUT2D eigenvalue weighted by molar-refractivity contribution is 6.24. The molecule has 2 aliphatic carbocycles. The lowest BCUT2D eigenvalue weighted by molar-refractivity contribution is -0.116. The summed E-state index contributed by atoms with van der Waals surface area (Å²) in [5.74, 6) is 0.839. The Balaban J connectivity index is 0.935. The summed E-state index contributed by atoms with van der Waals surface area (Å²) in [7, 11) is 1.65. The fourth-order valence-electron chi connectivity index (χ4n) is 7.37. The Morgan fingerprint density at radius 3 is 1.94 bits per heavy atom. The number of carbonyl (C=O) groups is 2.